The SMILES string of the molecule is O=C(O)CC1(O)CCO[O][Ge]2([O]O1)[O]C(=O)CC(O)(CC(=O)O)C(=O)[O]2. The second-order valence-electron chi connectivity index (χ2n) is 5.48. The van der Waals surface area contributed by atoms with Crippen LogP contribution in [0.2, 0.25) is 0 Å². The third-order valence-corrected chi connectivity index (χ3v) is 6.37. The van der Waals surface area contributed by atoms with Crippen LogP contribution in [-0.2, 0) is 44.3 Å². The van der Waals surface area contributed by atoms with Gasteiger partial charge in [0.05, 0.1) is 0 Å². The molecule has 0 aromatic heterocycles. The van der Waals surface area contributed by atoms with Crippen molar-refractivity contribution in [3.63, 3.8) is 0 Å². The van der Waals surface area contributed by atoms with Gasteiger partial charge in [0, 0.05) is 0 Å². The average Bonchev–Trinajstić information content (AvgIpc) is 2.55. The third-order valence-electron chi connectivity index (χ3n) is 3.18. The Bertz CT molecular complexity index is 622. The van der Waals surface area contributed by atoms with Crippen LogP contribution in [0.4, 0.5) is 0 Å². The van der Waals surface area contributed by atoms with Gasteiger partial charge in [0.2, 0.25) is 0 Å². The summed E-state index contributed by atoms with van der Waals surface area (Å²) in [4.78, 5) is 54.7. The molecule has 26 heavy (non-hydrogen) atoms. The van der Waals surface area contributed by atoms with Crippen LogP contribution < -0.4 is 0 Å². The first-order valence-electron chi connectivity index (χ1n) is 6.99. The van der Waals surface area contributed by atoms with Gasteiger partial charge in [-0.15, -0.1) is 0 Å². The van der Waals surface area contributed by atoms with Crippen molar-refractivity contribution in [2.45, 2.75) is 37.1 Å². The van der Waals surface area contributed by atoms with E-state index in [2.05, 4.69) is 17.6 Å². The van der Waals surface area contributed by atoms with E-state index in [1.54, 1.807) is 0 Å². The fourth-order valence-electron chi connectivity index (χ4n) is 2.02. The Morgan fingerprint density at radius 2 is 1.69 bits per heavy atom. The summed E-state index contributed by atoms with van der Waals surface area (Å²) in [6.45, 7) is -0.464. The number of carbonyl (C=O) groups excluding carboxylic acids is 2. The molecule has 0 saturated carbocycles. The Hall–Kier alpha value is -1.82. The summed E-state index contributed by atoms with van der Waals surface area (Å²) in [6, 6.07) is 0. The normalized spacial score (nSPS) is 35.6. The van der Waals surface area contributed by atoms with E-state index in [4.69, 9.17) is 17.7 Å². The molecule has 146 valence electrons. The molecular formula is C11H14GeO14. The van der Waals surface area contributed by atoms with Gasteiger partial charge >= 0.3 is 147 Å². The van der Waals surface area contributed by atoms with E-state index in [9.17, 15) is 29.4 Å². The molecule has 2 aliphatic heterocycles. The summed E-state index contributed by atoms with van der Waals surface area (Å²) < 4.78 is 18.7. The Labute approximate surface area is 147 Å². The average molecular weight is 443 g/mol. The number of hydrogen-bond donors (Lipinski definition) is 4. The minimum absolute atomic E-state index is 0.428. The predicted molar refractivity (Wildman–Crippen MR) is 70.8 cm³/mol. The summed E-state index contributed by atoms with van der Waals surface area (Å²) in [5.74, 6) is -8.43. The molecule has 2 rings (SSSR count). The predicted octanol–water partition coefficient (Wildman–Crippen LogP) is -2.42. The van der Waals surface area contributed by atoms with Gasteiger partial charge in [0.15, 0.2) is 0 Å². The van der Waals surface area contributed by atoms with Crippen LogP contribution in [0.25, 0.3) is 0 Å². The molecule has 0 radical (unpaired) electrons. The molecule has 0 aromatic rings. The number of aliphatic hydroxyl groups is 2. The maximum absolute atomic E-state index is 12.1. The fraction of sp³-hybridized carbons (Fsp3) is 0.636. The Morgan fingerprint density at radius 3 is 2.31 bits per heavy atom. The number of carboxylic acids is 2. The molecule has 14 nitrogen and oxygen atoms in total. The molecule has 3 atom stereocenters. The van der Waals surface area contributed by atoms with E-state index >= 15 is 0 Å². The number of carboxylic acid groups (broad SMARTS) is 2. The first kappa shape index (κ1) is 20.5. The number of carbonyl (C=O) groups is 4. The molecule has 2 saturated heterocycles. The van der Waals surface area contributed by atoms with Gasteiger partial charge in [-0.1, -0.05) is 0 Å². The molecule has 0 aliphatic carbocycles. The van der Waals surface area contributed by atoms with Crippen LogP contribution >= 0.6 is 0 Å². The molecule has 2 aliphatic rings. The van der Waals surface area contributed by atoms with Crippen LogP contribution in [-0.4, -0.2) is 76.9 Å². The standard InChI is InChI=1S/C11H14GeO14/c13-6(14)3-10(19)5-8(17)22-12(23-9(10)18)25-21-2-1-11(20,24-26-12)4-7(15)16/h19-20H,1-5H2,(H,13,14)(H,15,16). The van der Waals surface area contributed by atoms with Crippen molar-refractivity contribution >= 4 is 38.5 Å². The molecule has 4 N–H and O–H groups in total. The second kappa shape index (κ2) is 7.43. The van der Waals surface area contributed by atoms with Gasteiger partial charge in [0.1, 0.15) is 0 Å². The van der Waals surface area contributed by atoms with Crippen LogP contribution in [0.5, 0.6) is 0 Å². The van der Waals surface area contributed by atoms with E-state index < -0.39 is 82.2 Å². The maximum atomic E-state index is 12.1. The van der Waals surface area contributed by atoms with Gasteiger partial charge in [0.25, 0.3) is 0 Å². The van der Waals surface area contributed by atoms with Crippen molar-refractivity contribution in [1.29, 1.82) is 0 Å². The van der Waals surface area contributed by atoms with Crippen LogP contribution in [0, 0.1) is 0 Å². The molecule has 2 heterocycles. The van der Waals surface area contributed by atoms with Gasteiger partial charge < -0.3 is 0 Å². The third kappa shape index (κ3) is 4.88. The van der Waals surface area contributed by atoms with Gasteiger partial charge in [-0.05, 0) is 0 Å². The van der Waals surface area contributed by atoms with Crippen LogP contribution in [0.1, 0.15) is 25.7 Å². The van der Waals surface area contributed by atoms with Crippen molar-refractivity contribution in [1.82, 2.24) is 0 Å². The van der Waals surface area contributed by atoms with Crippen molar-refractivity contribution in [3.8, 4) is 0 Å². The van der Waals surface area contributed by atoms with Crippen molar-refractivity contribution in [3.05, 3.63) is 0 Å². The summed E-state index contributed by atoms with van der Waals surface area (Å²) in [5, 5.41) is 37.6. The molecule has 0 aromatic carbocycles. The molecule has 0 amide bonds. The fourth-order valence-corrected chi connectivity index (χ4v) is 5.08. The van der Waals surface area contributed by atoms with E-state index in [-0.39, 0.29) is 0 Å². The van der Waals surface area contributed by atoms with E-state index in [0.717, 1.165) is 0 Å². The Balaban J connectivity index is 2.24. The van der Waals surface area contributed by atoms with Crippen LogP contribution in [0.15, 0.2) is 0 Å². The van der Waals surface area contributed by atoms with Gasteiger partial charge in [-0.25, -0.2) is 0 Å². The Morgan fingerprint density at radius 1 is 1.04 bits per heavy atom. The molecule has 15 heteroatoms. The van der Waals surface area contributed by atoms with Gasteiger partial charge in [-0.3, -0.25) is 0 Å². The topological polar surface area (TPSA) is 205 Å². The zero-order chi connectivity index (χ0) is 19.6. The summed E-state index contributed by atoms with van der Waals surface area (Å²) in [6.07, 6.45) is -3.65. The quantitative estimate of drug-likeness (QED) is 0.264. The van der Waals surface area contributed by atoms with E-state index in [1.165, 1.54) is 0 Å². The summed E-state index contributed by atoms with van der Waals surface area (Å²) in [7, 11) is 0. The molecule has 1 spiro atoms. The number of rotatable bonds is 4. The number of aliphatic carboxylic acids is 2. The zero-order valence-electron chi connectivity index (χ0n) is 12.9. The van der Waals surface area contributed by atoms with E-state index in [1.807, 2.05) is 0 Å². The Kier molecular flexibility index (Phi) is 5.86. The monoisotopic (exact) mass is 444 g/mol. The molecular weight excluding hydrogens is 429 g/mol. The molecule has 2 fully saturated rings. The molecule has 3 unspecified atom stereocenters. The molecule has 0 bridgehead atoms. The summed E-state index contributed by atoms with van der Waals surface area (Å²) >= 11 is -5.57. The van der Waals surface area contributed by atoms with E-state index in [0.29, 0.717) is 0 Å². The number of hydrogen-bond acceptors (Lipinski definition) is 12. The van der Waals surface area contributed by atoms with Crippen LogP contribution in [0.3, 0.4) is 0 Å². The summed E-state index contributed by atoms with van der Waals surface area (Å²) in [5.41, 5.74) is -2.76. The van der Waals surface area contributed by atoms with Crippen molar-refractivity contribution in [2.75, 3.05) is 6.61 Å². The van der Waals surface area contributed by atoms with Crippen molar-refractivity contribution in [2.24, 2.45) is 0 Å². The first-order chi connectivity index (χ1) is 12.0. The minimum atomic E-state index is -5.57. The zero-order valence-corrected chi connectivity index (χ0v) is 15.0. The van der Waals surface area contributed by atoms with Crippen molar-refractivity contribution < 1.29 is 64.7 Å². The first-order valence-corrected chi connectivity index (χ1v) is 10.4. The second-order valence-corrected chi connectivity index (χ2v) is 9.14. The van der Waals surface area contributed by atoms with Gasteiger partial charge in [-0.2, -0.15) is 0 Å².